The van der Waals surface area contributed by atoms with Crippen molar-refractivity contribution >= 4 is 5.82 Å². The molecule has 16 heavy (non-hydrogen) atoms. The summed E-state index contributed by atoms with van der Waals surface area (Å²) in [5.74, 6) is 0.841. The Labute approximate surface area is 94.8 Å². The molecule has 0 aromatic carbocycles. The number of hydrogen-bond acceptors (Lipinski definition) is 4. The molecule has 2 rings (SSSR count). The molecule has 82 valence electrons. The largest absolute Gasteiger partial charge is 0.370 e. The molecule has 0 radical (unpaired) electrons. The summed E-state index contributed by atoms with van der Waals surface area (Å²) in [6, 6.07) is 5.92. The minimum atomic E-state index is 0.841. The molecule has 0 saturated carbocycles. The first-order chi connectivity index (χ1) is 7.79. The van der Waals surface area contributed by atoms with Crippen LogP contribution in [0.3, 0.4) is 0 Å². The third-order valence-corrected chi connectivity index (χ3v) is 2.23. The van der Waals surface area contributed by atoms with E-state index in [4.69, 9.17) is 0 Å². The Hall–Kier alpha value is -1.97. The first kappa shape index (κ1) is 10.5. The molecule has 0 fully saturated rings. The molecule has 2 heterocycles. The Bertz CT molecular complexity index is 465. The van der Waals surface area contributed by atoms with Crippen molar-refractivity contribution in [2.75, 3.05) is 11.9 Å². The maximum absolute atomic E-state index is 4.25. The van der Waals surface area contributed by atoms with Gasteiger partial charge < -0.3 is 5.32 Å². The Morgan fingerprint density at radius 2 is 2.06 bits per heavy atom. The molecule has 2 aromatic rings. The fourth-order valence-corrected chi connectivity index (χ4v) is 1.41. The van der Waals surface area contributed by atoms with E-state index in [1.54, 1.807) is 6.33 Å². The highest BCUT2D eigenvalue weighted by atomic mass is 15.0. The van der Waals surface area contributed by atoms with Gasteiger partial charge in [0.2, 0.25) is 0 Å². The van der Waals surface area contributed by atoms with E-state index in [1.165, 1.54) is 0 Å². The van der Waals surface area contributed by atoms with Crippen molar-refractivity contribution < 1.29 is 0 Å². The van der Waals surface area contributed by atoms with Gasteiger partial charge in [-0.15, -0.1) is 0 Å². The summed E-state index contributed by atoms with van der Waals surface area (Å²) in [5.41, 5.74) is 2.90. The predicted octanol–water partition coefficient (Wildman–Crippen LogP) is 2.28. The molecule has 0 amide bonds. The van der Waals surface area contributed by atoms with Gasteiger partial charge in [-0.1, -0.05) is 0 Å². The number of pyridine rings is 1. The van der Waals surface area contributed by atoms with Crippen molar-refractivity contribution in [2.24, 2.45) is 0 Å². The van der Waals surface area contributed by atoms with E-state index in [0.717, 1.165) is 29.3 Å². The van der Waals surface area contributed by atoms with Crippen molar-refractivity contribution in [1.82, 2.24) is 15.0 Å². The number of anilines is 1. The maximum atomic E-state index is 4.25. The molecule has 0 atom stereocenters. The molecule has 0 aliphatic carbocycles. The molecule has 0 aliphatic rings. The number of rotatable bonds is 3. The van der Waals surface area contributed by atoms with E-state index in [0.29, 0.717) is 0 Å². The van der Waals surface area contributed by atoms with Crippen molar-refractivity contribution in [3.05, 3.63) is 36.4 Å². The predicted molar refractivity (Wildman–Crippen MR) is 64.2 cm³/mol. The van der Waals surface area contributed by atoms with Crippen LogP contribution in [0.25, 0.3) is 11.3 Å². The second-order valence-electron chi connectivity index (χ2n) is 3.51. The van der Waals surface area contributed by atoms with Crippen molar-refractivity contribution in [3.8, 4) is 11.3 Å². The van der Waals surface area contributed by atoms with Crippen LogP contribution in [0.5, 0.6) is 0 Å². The second kappa shape index (κ2) is 4.70. The number of hydrogen-bond donors (Lipinski definition) is 1. The normalized spacial score (nSPS) is 10.1. The SMILES string of the molecule is CCNc1cc(-c2ccc(C)nc2)ncn1. The second-order valence-corrected chi connectivity index (χ2v) is 3.51. The van der Waals surface area contributed by atoms with Gasteiger partial charge in [0.1, 0.15) is 12.1 Å². The Morgan fingerprint density at radius 3 is 2.75 bits per heavy atom. The maximum Gasteiger partial charge on any atom is 0.129 e. The van der Waals surface area contributed by atoms with E-state index in [2.05, 4.69) is 20.3 Å². The lowest BCUT2D eigenvalue weighted by atomic mass is 10.2. The van der Waals surface area contributed by atoms with Gasteiger partial charge in [0, 0.05) is 30.1 Å². The third-order valence-electron chi connectivity index (χ3n) is 2.23. The van der Waals surface area contributed by atoms with Crippen LogP contribution in [0.15, 0.2) is 30.7 Å². The van der Waals surface area contributed by atoms with Gasteiger partial charge in [-0.05, 0) is 26.0 Å². The monoisotopic (exact) mass is 214 g/mol. The van der Waals surface area contributed by atoms with Gasteiger partial charge in [0.25, 0.3) is 0 Å². The average Bonchev–Trinajstić information content (AvgIpc) is 2.31. The average molecular weight is 214 g/mol. The molecule has 0 aliphatic heterocycles. The Kier molecular flexibility index (Phi) is 3.10. The Morgan fingerprint density at radius 1 is 1.19 bits per heavy atom. The molecule has 0 saturated heterocycles. The van der Waals surface area contributed by atoms with Crippen LogP contribution in [-0.2, 0) is 0 Å². The first-order valence-corrected chi connectivity index (χ1v) is 5.28. The fraction of sp³-hybridized carbons (Fsp3) is 0.250. The lowest BCUT2D eigenvalue weighted by Gasteiger charge is -2.04. The van der Waals surface area contributed by atoms with Crippen molar-refractivity contribution in [1.29, 1.82) is 0 Å². The van der Waals surface area contributed by atoms with E-state index in [9.17, 15) is 0 Å². The van der Waals surface area contributed by atoms with Crippen LogP contribution in [-0.4, -0.2) is 21.5 Å². The minimum absolute atomic E-state index is 0.841. The lowest BCUT2D eigenvalue weighted by molar-refractivity contribution is 1.11. The van der Waals surface area contributed by atoms with Crippen LogP contribution < -0.4 is 5.32 Å². The molecule has 0 bridgehead atoms. The van der Waals surface area contributed by atoms with Crippen LogP contribution in [0, 0.1) is 6.92 Å². The van der Waals surface area contributed by atoms with Crippen molar-refractivity contribution in [3.63, 3.8) is 0 Å². The highest BCUT2D eigenvalue weighted by Crippen LogP contribution is 2.17. The van der Waals surface area contributed by atoms with E-state index >= 15 is 0 Å². The summed E-state index contributed by atoms with van der Waals surface area (Å²) in [4.78, 5) is 12.6. The standard InChI is InChI=1S/C12H14N4/c1-3-13-12-6-11(15-8-16-12)10-5-4-9(2)14-7-10/h4-8H,3H2,1-2H3,(H,13,15,16). The molecule has 4 nitrogen and oxygen atoms in total. The Balaban J connectivity index is 2.32. The summed E-state index contributed by atoms with van der Waals surface area (Å²) in [6.07, 6.45) is 3.39. The topological polar surface area (TPSA) is 50.7 Å². The number of nitrogens with one attached hydrogen (secondary N) is 1. The summed E-state index contributed by atoms with van der Waals surface area (Å²) in [7, 11) is 0. The highest BCUT2D eigenvalue weighted by Gasteiger charge is 2.01. The lowest BCUT2D eigenvalue weighted by Crippen LogP contribution is -2.00. The molecule has 2 aromatic heterocycles. The van der Waals surface area contributed by atoms with E-state index in [1.807, 2.05) is 38.2 Å². The first-order valence-electron chi connectivity index (χ1n) is 5.28. The van der Waals surface area contributed by atoms with E-state index in [-0.39, 0.29) is 0 Å². The van der Waals surface area contributed by atoms with Gasteiger partial charge in [-0.25, -0.2) is 9.97 Å². The highest BCUT2D eigenvalue weighted by molar-refractivity contribution is 5.61. The zero-order valence-electron chi connectivity index (χ0n) is 9.44. The molecule has 1 N–H and O–H groups in total. The van der Waals surface area contributed by atoms with E-state index < -0.39 is 0 Å². The zero-order chi connectivity index (χ0) is 11.4. The number of aromatic nitrogens is 3. The molecular formula is C12H14N4. The van der Waals surface area contributed by atoms with Crippen molar-refractivity contribution in [2.45, 2.75) is 13.8 Å². The fourth-order valence-electron chi connectivity index (χ4n) is 1.41. The molecule has 0 unspecified atom stereocenters. The molecular weight excluding hydrogens is 200 g/mol. The zero-order valence-corrected chi connectivity index (χ0v) is 9.44. The number of aryl methyl sites for hydroxylation is 1. The van der Waals surface area contributed by atoms with Crippen LogP contribution in [0.1, 0.15) is 12.6 Å². The van der Waals surface area contributed by atoms with Crippen LogP contribution in [0.4, 0.5) is 5.82 Å². The summed E-state index contributed by atoms with van der Waals surface area (Å²) in [6.45, 7) is 4.85. The van der Waals surface area contributed by atoms with Crippen LogP contribution >= 0.6 is 0 Å². The van der Waals surface area contributed by atoms with Gasteiger partial charge >= 0.3 is 0 Å². The van der Waals surface area contributed by atoms with Gasteiger partial charge in [0.15, 0.2) is 0 Å². The molecule has 4 heteroatoms. The van der Waals surface area contributed by atoms with Gasteiger partial charge in [-0.3, -0.25) is 4.98 Å². The molecule has 0 spiro atoms. The summed E-state index contributed by atoms with van der Waals surface area (Å²) >= 11 is 0. The van der Waals surface area contributed by atoms with Crippen LogP contribution in [0.2, 0.25) is 0 Å². The summed E-state index contributed by atoms with van der Waals surface area (Å²) < 4.78 is 0. The number of nitrogens with zero attached hydrogens (tertiary/aromatic N) is 3. The van der Waals surface area contributed by atoms with Gasteiger partial charge in [0.05, 0.1) is 5.69 Å². The quantitative estimate of drug-likeness (QED) is 0.851. The third kappa shape index (κ3) is 2.34. The smallest absolute Gasteiger partial charge is 0.129 e. The van der Waals surface area contributed by atoms with Gasteiger partial charge in [-0.2, -0.15) is 0 Å². The summed E-state index contributed by atoms with van der Waals surface area (Å²) in [5, 5.41) is 3.16. The minimum Gasteiger partial charge on any atom is -0.370 e.